The van der Waals surface area contributed by atoms with Crippen molar-refractivity contribution in [2.24, 2.45) is 5.73 Å². The van der Waals surface area contributed by atoms with Gasteiger partial charge in [0, 0.05) is 23.4 Å². The molecule has 0 bridgehead atoms. The van der Waals surface area contributed by atoms with Gasteiger partial charge in [0.25, 0.3) is 5.91 Å². The van der Waals surface area contributed by atoms with Crippen LogP contribution in [0.4, 0.5) is 16.0 Å². The second-order valence-corrected chi connectivity index (χ2v) is 10.9. The van der Waals surface area contributed by atoms with Crippen LogP contribution >= 0.6 is 11.3 Å². The number of halogens is 1. The van der Waals surface area contributed by atoms with E-state index in [9.17, 15) is 4.79 Å². The van der Waals surface area contributed by atoms with Crippen LogP contribution in [0.15, 0.2) is 36.7 Å². The van der Waals surface area contributed by atoms with Crippen molar-refractivity contribution >= 4 is 39.1 Å². The van der Waals surface area contributed by atoms with E-state index in [1.54, 1.807) is 30.6 Å². The van der Waals surface area contributed by atoms with Gasteiger partial charge in [-0.05, 0) is 76.5 Å². The summed E-state index contributed by atoms with van der Waals surface area (Å²) in [4.78, 5) is 28.3. The highest BCUT2D eigenvalue weighted by Gasteiger charge is 2.25. The number of thiophene rings is 1. The molecule has 1 aliphatic heterocycles. The first kappa shape index (κ1) is 26.8. The molecule has 1 aliphatic rings. The van der Waals surface area contributed by atoms with Crippen molar-refractivity contribution in [3.05, 3.63) is 52.9 Å². The van der Waals surface area contributed by atoms with E-state index in [2.05, 4.69) is 27.2 Å². The highest BCUT2D eigenvalue weighted by atomic mass is 32.1. The largest absolute Gasteiger partial charge is 0.489 e. The molecule has 0 unspecified atom stereocenters. The number of primary amides is 1. The van der Waals surface area contributed by atoms with Crippen molar-refractivity contribution in [3.8, 4) is 22.8 Å². The minimum atomic E-state index is -0.590. The van der Waals surface area contributed by atoms with Crippen molar-refractivity contribution in [1.82, 2.24) is 19.9 Å². The Balaban J connectivity index is 1.57. The Labute approximate surface area is 230 Å². The average molecular weight is 551 g/mol. The number of hydrogen-bond donors (Lipinski definition) is 2. The number of amides is 1. The molecule has 4 aromatic rings. The standard InChI is InChI=1S/C28H31FN6O3S/c1-15(2)38-21-12-18(16-7-10-35(3)11-8-16)19(29)13-20(21)33-28-32-14-22-24(34-28)23(25(39-22)26(30)36)17-6-5-9-31-27(17)37-4/h5-6,9,12-16H,7-8,10-11H2,1-4H3,(H2,30,36)(H,32,33,34). The van der Waals surface area contributed by atoms with E-state index in [0.717, 1.165) is 25.9 Å². The van der Waals surface area contributed by atoms with Crippen LogP contribution in [0.5, 0.6) is 11.6 Å². The van der Waals surface area contributed by atoms with E-state index in [-0.39, 0.29) is 23.8 Å². The van der Waals surface area contributed by atoms with Crippen LogP contribution in [0.1, 0.15) is 47.8 Å². The first-order valence-corrected chi connectivity index (χ1v) is 13.6. The molecule has 3 N–H and O–H groups in total. The van der Waals surface area contributed by atoms with E-state index >= 15 is 4.39 Å². The number of hydrogen-bond acceptors (Lipinski definition) is 9. The number of likely N-dealkylation sites (tertiary alicyclic amines) is 1. The SMILES string of the molecule is COc1ncccc1-c1c(C(N)=O)sc2cnc(Nc3cc(F)c(C4CCN(C)CC4)cc3OC(C)C)nc12. The zero-order chi connectivity index (χ0) is 27.7. The Kier molecular flexibility index (Phi) is 7.62. The van der Waals surface area contributed by atoms with Crippen molar-refractivity contribution in [1.29, 1.82) is 0 Å². The summed E-state index contributed by atoms with van der Waals surface area (Å²) in [6.07, 6.45) is 4.87. The normalized spacial score (nSPS) is 14.6. The maximum atomic E-state index is 15.4. The summed E-state index contributed by atoms with van der Waals surface area (Å²) in [6.45, 7) is 5.71. The molecule has 4 heterocycles. The number of fused-ring (bicyclic) bond motifs is 1. The van der Waals surface area contributed by atoms with E-state index in [0.29, 0.717) is 49.1 Å². The van der Waals surface area contributed by atoms with Crippen LogP contribution in [-0.4, -0.2) is 59.1 Å². The summed E-state index contributed by atoms with van der Waals surface area (Å²) < 4.78 is 27.6. The zero-order valence-corrected chi connectivity index (χ0v) is 23.1. The lowest BCUT2D eigenvalue weighted by atomic mass is 9.89. The maximum absolute atomic E-state index is 15.4. The van der Waals surface area contributed by atoms with Gasteiger partial charge in [0.2, 0.25) is 11.8 Å². The topological polar surface area (TPSA) is 115 Å². The predicted molar refractivity (Wildman–Crippen MR) is 151 cm³/mol. The molecule has 0 atom stereocenters. The molecule has 0 aliphatic carbocycles. The van der Waals surface area contributed by atoms with Crippen molar-refractivity contribution in [3.63, 3.8) is 0 Å². The number of anilines is 2. The first-order valence-electron chi connectivity index (χ1n) is 12.8. The second-order valence-electron chi connectivity index (χ2n) is 9.88. The Morgan fingerprint density at radius 2 is 2.03 bits per heavy atom. The lowest BCUT2D eigenvalue weighted by Gasteiger charge is -2.30. The number of pyridine rings is 1. The van der Waals surface area contributed by atoms with Gasteiger partial charge in [0.15, 0.2) is 0 Å². The first-order chi connectivity index (χ1) is 18.7. The number of nitrogens with zero attached hydrogens (tertiary/aromatic N) is 4. The zero-order valence-electron chi connectivity index (χ0n) is 22.3. The molecule has 1 fully saturated rings. The molecule has 11 heteroatoms. The molecular weight excluding hydrogens is 519 g/mol. The smallest absolute Gasteiger partial charge is 0.259 e. The fourth-order valence-electron chi connectivity index (χ4n) is 4.89. The molecular formula is C28H31FN6O3S. The molecule has 39 heavy (non-hydrogen) atoms. The molecule has 3 aromatic heterocycles. The van der Waals surface area contributed by atoms with Gasteiger partial charge >= 0.3 is 0 Å². The fourth-order valence-corrected chi connectivity index (χ4v) is 5.87. The van der Waals surface area contributed by atoms with Gasteiger partial charge in [-0.15, -0.1) is 11.3 Å². The Morgan fingerprint density at radius 1 is 1.26 bits per heavy atom. The number of nitrogens with two attached hydrogens (primary N) is 1. The number of benzene rings is 1. The monoisotopic (exact) mass is 550 g/mol. The molecule has 9 nitrogen and oxygen atoms in total. The second kappa shape index (κ2) is 11.1. The molecule has 1 saturated heterocycles. The van der Waals surface area contributed by atoms with E-state index in [1.807, 2.05) is 13.8 Å². The number of rotatable bonds is 8. The Morgan fingerprint density at radius 3 is 2.72 bits per heavy atom. The van der Waals surface area contributed by atoms with Gasteiger partial charge < -0.3 is 25.4 Å². The van der Waals surface area contributed by atoms with Gasteiger partial charge in [-0.25, -0.2) is 19.3 Å². The van der Waals surface area contributed by atoms with Crippen molar-refractivity contribution in [2.45, 2.75) is 38.7 Å². The highest BCUT2D eigenvalue weighted by molar-refractivity contribution is 7.21. The fraction of sp³-hybridized carbons (Fsp3) is 0.357. The molecule has 1 aromatic carbocycles. The van der Waals surface area contributed by atoms with Crippen LogP contribution in [0, 0.1) is 5.82 Å². The number of methoxy groups -OCH3 is 1. The Hall–Kier alpha value is -3.83. The highest BCUT2D eigenvalue weighted by Crippen LogP contribution is 2.42. The Bertz CT molecular complexity index is 1520. The minimum absolute atomic E-state index is 0.121. The van der Waals surface area contributed by atoms with Gasteiger partial charge in [-0.2, -0.15) is 0 Å². The number of aromatic nitrogens is 3. The molecule has 204 valence electrons. The summed E-state index contributed by atoms with van der Waals surface area (Å²) in [5, 5.41) is 3.14. The van der Waals surface area contributed by atoms with E-state index in [1.165, 1.54) is 24.5 Å². The number of carbonyl (C=O) groups excluding carboxylic acids is 1. The summed E-state index contributed by atoms with van der Waals surface area (Å²) >= 11 is 1.19. The summed E-state index contributed by atoms with van der Waals surface area (Å²) in [6, 6.07) is 6.79. The number of carbonyl (C=O) groups is 1. The predicted octanol–water partition coefficient (Wildman–Crippen LogP) is 5.34. The molecule has 0 spiro atoms. The molecule has 0 saturated carbocycles. The third kappa shape index (κ3) is 5.50. The number of piperidine rings is 1. The summed E-state index contributed by atoms with van der Waals surface area (Å²) in [5.41, 5.74) is 8.41. The molecule has 1 amide bonds. The van der Waals surface area contributed by atoms with Crippen molar-refractivity contribution < 1.29 is 18.7 Å². The lowest BCUT2D eigenvalue weighted by Crippen LogP contribution is -2.29. The minimum Gasteiger partial charge on any atom is -0.489 e. The van der Waals surface area contributed by atoms with Gasteiger partial charge in [-0.3, -0.25) is 4.79 Å². The summed E-state index contributed by atoms with van der Waals surface area (Å²) in [7, 11) is 3.59. The van der Waals surface area contributed by atoms with Crippen LogP contribution in [0.3, 0.4) is 0 Å². The van der Waals surface area contributed by atoms with Crippen LogP contribution in [-0.2, 0) is 0 Å². The van der Waals surface area contributed by atoms with E-state index < -0.39 is 5.91 Å². The number of nitrogens with one attached hydrogen (secondary N) is 1. The van der Waals surface area contributed by atoms with Crippen LogP contribution in [0.25, 0.3) is 21.3 Å². The quantitative estimate of drug-likeness (QED) is 0.302. The third-order valence-electron chi connectivity index (χ3n) is 6.76. The lowest BCUT2D eigenvalue weighted by molar-refractivity contribution is 0.100. The number of ether oxygens (including phenoxy) is 2. The molecule has 0 radical (unpaired) electrons. The van der Waals surface area contributed by atoms with Gasteiger partial charge in [-0.1, -0.05) is 0 Å². The maximum Gasteiger partial charge on any atom is 0.259 e. The summed E-state index contributed by atoms with van der Waals surface area (Å²) in [5.74, 6) is 0.338. The van der Waals surface area contributed by atoms with E-state index in [4.69, 9.17) is 20.2 Å². The third-order valence-corrected chi connectivity index (χ3v) is 7.88. The van der Waals surface area contributed by atoms with Crippen LogP contribution in [0.2, 0.25) is 0 Å². The van der Waals surface area contributed by atoms with Crippen molar-refractivity contribution in [2.75, 3.05) is 32.6 Å². The van der Waals surface area contributed by atoms with Gasteiger partial charge in [0.05, 0.1) is 35.3 Å². The molecule has 5 rings (SSSR count). The average Bonchev–Trinajstić information content (AvgIpc) is 3.29. The van der Waals surface area contributed by atoms with Gasteiger partial charge in [0.1, 0.15) is 16.4 Å². The van der Waals surface area contributed by atoms with Crippen LogP contribution < -0.4 is 20.5 Å².